The molecule has 1 aromatic rings. The van der Waals surface area contributed by atoms with Crippen LogP contribution in [0.3, 0.4) is 0 Å². The Bertz CT molecular complexity index is 463. The van der Waals surface area contributed by atoms with Crippen LogP contribution in [0.25, 0.3) is 0 Å². The van der Waals surface area contributed by atoms with Crippen LogP contribution in [-0.2, 0) is 0 Å². The Morgan fingerprint density at radius 3 is 2.58 bits per heavy atom. The maximum absolute atomic E-state index is 13.0. The number of hydrogen-bond donors (Lipinski definition) is 2. The summed E-state index contributed by atoms with van der Waals surface area (Å²) in [6.07, 6.45) is -0.609. The third kappa shape index (κ3) is 3.73. The number of hydrogen-bond acceptors (Lipinski definition) is 3. The number of amides is 1. The molecule has 1 aliphatic carbocycles. The standard InChI is InChI=1S/C13H17F2NO2S/c1-9-6-10(19-7-9)11(17)16-8-12(18)2-4-13(14,15)5-3-12/h6-7,18H,2-5,8H2,1H3,(H,16,17). The predicted octanol–water partition coefficient (Wildman–Crippen LogP) is 2.73. The summed E-state index contributed by atoms with van der Waals surface area (Å²) in [5, 5.41) is 14.7. The van der Waals surface area contributed by atoms with Crippen LogP contribution in [0.1, 0.15) is 40.9 Å². The fourth-order valence-corrected chi connectivity index (χ4v) is 2.95. The van der Waals surface area contributed by atoms with Gasteiger partial charge in [-0.25, -0.2) is 8.78 Å². The van der Waals surface area contributed by atoms with E-state index < -0.39 is 11.5 Å². The Kier molecular flexibility index (Phi) is 3.92. The van der Waals surface area contributed by atoms with E-state index in [1.807, 2.05) is 12.3 Å². The predicted molar refractivity (Wildman–Crippen MR) is 69.8 cm³/mol. The third-order valence-electron chi connectivity index (χ3n) is 3.44. The van der Waals surface area contributed by atoms with Crippen molar-refractivity contribution in [3.05, 3.63) is 21.9 Å². The lowest BCUT2D eigenvalue weighted by Gasteiger charge is -2.35. The molecule has 1 aromatic heterocycles. The topological polar surface area (TPSA) is 49.3 Å². The van der Waals surface area contributed by atoms with Crippen molar-refractivity contribution >= 4 is 17.2 Å². The average molecular weight is 289 g/mol. The Morgan fingerprint density at radius 2 is 2.05 bits per heavy atom. The van der Waals surface area contributed by atoms with Gasteiger partial charge in [-0.2, -0.15) is 0 Å². The third-order valence-corrected chi connectivity index (χ3v) is 4.49. The number of aryl methyl sites for hydroxylation is 1. The Morgan fingerprint density at radius 1 is 1.42 bits per heavy atom. The molecule has 3 nitrogen and oxygen atoms in total. The molecule has 2 N–H and O–H groups in total. The molecule has 6 heteroatoms. The van der Waals surface area contributed by atoms with Crippen molar-refractivity contribution in [2.45, 2.75) is 44.1 Å². The van der Waals surface area contributed by atoms with E-state index in [1.165, 1.54) is 11.3 Å². The first kappa shape index (κ1) is 14.4. The van der Waals surface area contributed by atoms with Crippen molar-refractivity contribution < 1.29 is 18.7 Å². The summed E-state index contributed by atoms with van der Waals surface area (Å²) in [6, 6.07) is 1.76. The minimum atomic E-state index is -2.68. The summed E-state index contributed by atoms with van der Waals surface area (Å²) in [7, 11) is 0. The van der Waals surface area contributed by atoms with Crippen molar-refractivity contribution in [1.29, 1.82) is 0 Å². The van der Waals surface area contributed by atoms with E-state index in [1.54, 1.807) is 6.07 Å². The van der Waals surface area contributed by atoms with Gasteiger partial charge in [-0.3, -0.25) is 4.79 Å². The second-order valence-corrected chi connectivity index (χ2v) is 6.16. The molecule has 1 fully saturated rings. The van der Waals surface area contributed by atoms with E-state index >= 15 is 0 Å². The number of aliphatic hydroxyl groups is 1. The maximum Gasteiger partial charge on any atom is 0.261 e. The van der Waals surface area contributed by atoms with E-state index in [2.05, 4.69) is 5.32 Å². The van der Waals surface area contributed by atoms with Gasteiger partial charge in [0.1, 0.15) is 0 Å². The van der Waals surface area contributed by atoms with Crippen LogP contribution in [0.5, 0.6) is 0 Å². The van der Waals surface area contributed by atoms with Gasteiger partial charge in [0, 0.05) is 19.4 Å². The fraction of sp³-hybridized carbons (Fsp3) is 0.615. The van der Waals surface area contributed by atoms with Crippen LogP contribution in [-0.4, -0.2) is 29.1 Å². The molecule has 106 valence electrons. The second-order valence-electron chi connectivity index (χ2n) is 5.25. The lowest BCUT2D eigenvalue weighted by molar-refractivity contribution is -0.101. The van der Waals surface area contributed by atoms with Crippen LogP contribution in [0.15, 0.2) is 11.4 Å². The van der Waals surface area contributed by atoms with Crippen molar-refractivity contribution in [3.8, 4) is 0 Å². The van der Waals surface area contributed by atoms with Gasteiger partial charge < -0.3 is 10.4 Å². The molecular formula is C13H17F2NO2S. The smallest absolute Gasteiger partial charge is 0.261 e. The van der Waals surface area contributed by atoms with Crippen molar-refractivity contribution in [3.63, 3.8) is 0 Å². The van der Waals surface area contributed by atoms with E-state index in [9.17, 15) is 18.7 Å². The highest BCUT2D eigenvalue weighted by molar-refractivity contribution is 7.12. The molecule has 2 rings (SSSR count). The normalized spacial score (nSPS) is 21.1. The van der Waals surface area contributed by atoms with Crippen LogP contribution >= 0.6 is 11.3 Å². The number of carbonyl (C=O) groups excluding carboxylic acids is 1. The molecule has 0 aromatic carbocycles. The van der Waals surface area contributed by atoms with E-state index in [-0.39, 0.29) is 38.1 Å². The van der Waals surface area contributed by atoms with Crippen LogP contribution in [0.4, 0.5) is 8.78 Å². The van der Waals surface area contributed by atoms with Crippen molar-refractivity contribution in [2.75, 3.05) is 6.54 Å². The van der Waals surface area contributed by atoms with Gasteiger partial charge in [0.25, 0.3) is 5.91 Å². The number of thiophene rings is 1. The summed E-state index contributed by atoms with van der Waals surface area (Å²) in [5.74, 6) is -2.94. The Labute approximate surface area is 114 Å². The summed E-state index contributed by atoms with van der Waals surface area (Å²) in [4.78, 5) is 12.4. The van der Waals surface area contributed by atoms with Crippen LogP contribution in [0, 0.1) is 6.92 Å². The molecule has 1 saturated carbocycles. The molecule has 0 spiro atoms. The molecule has 0 atom stereocenters. The highest BCUT2D eigenvalue weighted by Gasteiger charge is 2.42. The summed E-state index contributed by atoms with van der Waals surface area (Å²) >= 11 is 1.33. The Balaban J connectivity index is 1.87. The van der Waals surface area contributed by atoms with Gasteiger partial charge in [-0.15, -0.1) is 11.3 Å². The number of rotatable bonds is 3. The largest absolute Gasteiger partial charge is 0.388 e. The van der Waals surface area contributed by atoms with Gasteiger partial charge in [0.05, 0.1) is 10.5 Å². The lowest BCUT2D eigenvalue weighted by Crippen LogP contribution is -2.47. The van der Waals surface area contributed by atoms with Gasteiger partial charge in [-0.1, -0.05) is 0 Å². The first-order chi connectivity index (χ1) is 8.80. The highest BCUT2D eigenvalue weighted by Crippen LogP contribution is 2.38. The fourth-order valence-electron chi connectivity index (χ4n) is 2.14. The maximum atomic E-state index is 13.0. The first-order valence-corrected chi connectivity index (χ1v) is 7.11. The van der Waals surface area contributed by atoms with Crippen molar-refractivity contribution in [1.82, 2.24) is 5.32 Å². The minimum Gasteiger partial charge on any atom is -0.388 e. The molecule has 0 unspecified atom stereocenters. The van der Waals surface area contributed by atoms with Crippen LogP contribution in [0.2, 0.25) is 0 Å². The molecule has 0 bridgehead atoms. The summed E-state index contributed by atoms with van der Waals surface area (Å²) in [5.41, 5.74) is -0.199. The van der Waals surface area contributed by atoms with Gasteiger partial charge in [0.2, 0.25) is 5.92 Å². The number of alkyl halides is 2. The second kappa shape index (κ2) is 5.17. The molecule has 1 heterocycles. The SMILES string of the molecule is Cc1csc(C(=O)NCC2(O)CCC(F)(F)CC2)c1. The van der Waals surface area contributed by atoms with E-state index in [0.717, 1.165) is 5.56 Å². The molecule has 0 radical (unpaired) electrons. The monoisotopic (exact) mass is 289 g/mol. The molecule has 1 aliphatic rings. The van der Waals surface area contributed by atoms with Crippen LogP contribution < -0.4 is 5.32 Å². The number of nitrogens with one attached hydrogen (secondary N) is 1. The molecule has 0 aliphatic heterocycles. The molecule has 1 amide bonds. The quantitative estimate of drug-likeness (QED) is 0.899. The van der Waals surface area contributed by atoms with Gasteiger partial charge >= 0.3 is 0 Å². The molecule has 0 saturated heterocycles. The van der Waals surface area contributed by atoms with E-state index in [4.69, 9.17) is 0 Å². The lowest BCUT2D eigenvalue weighted by atomic mass is 9.83. The van der Waals surface area contributed by atoms with Gasteiger partial charge in [-0.05, 0) is 36.8 Å². The first-order valence-electron chi connectivity index (χ1n) is 6.23. The molecule has 19 heavy (non-hydrogen) atoms. The Hall–Kier alpha value is -1.01. The number of halogens is 2. The minimum absolute atomic E-state index is 0.0176. The highest BCUT2D eigenvalue weighted by atomic mass is 32.1. The number of carbonyl (C=O) groups is 1. The van der Waals surface area contributed by atoms with E-state index in [0.29, 0.717) is 4.88 Å². The zero-order valence-electron chi connectivity index (χ0n) is 10.7. The zero-order valence-corrected chi connectivity index (χ0v) is 11.5. The van der Waals surface area contributed by atoms with Crippen molar-refractivity contribution in [2.24, 2.45) is 0 Å². The average Bonchev–Trinajstić information content (AvgIpc) is 2.78. The van der Waals surface area contributed by atoms with Gasteiger partial charge in [0.15, 0.2) is 0 Å². The molecular weight excluding hydrogens is 272 g/mol. The summed E-state index contributed by atoms with van der Waals surface area (Å²) in [6.45, 7) is 1.92. The summed E-state index contributed by atoms with van der Waals surface area (Å²) < 4.78 is 26.0. The zero-order chi connectivity index (χ0) is 14.1.